The molecule has 0 saturated heterocycles. The lowest BCUT2D eigenvalue weighted by atomic mass is 10.1. The van der Waals surface area contributed by atoms with E-state index in [0.717, 1.165) is 5.56 Å². The minimum Gasteiger partial charge on any atom is -0.478 e. The average molecular weight is 267 g/mol. The number of aromatic nitrogens is 3. The van der Waals surface area contributed by atoms with Crippen molar-refractivity contribution in [2.24, 2.45) is 0 Å². The van der Waals surface area contributed by atoms with Crippen LogP contribution >= 0.6 is 0 Å². The van der Waals surface area contributed by atoms with Crippen molar-refractivity contribution in [3.63, 3.8) is 0 Å². The van der Waals surface area contributed by atoms with Gasteiger partial charge in [0, 0.05) is 12.6 Å². The summed E-state index contributed by atoms with van der Waals surface area (Å²) in [6, 6.07) is 11.4. The predicted octanol–water partition coefficient (Wildman–Crippen LogP) is 2.33. The lowest BCUT2D eigenvalue weighted by Gasteiger charge is -1.98. The van der Waals surface area contributed by atoms with Crippen LogP contribution < -0.4 is 0 Å². The molecule has 0 amide bonds. The first-order chi connectivity index (χ1) is 9.61. The third-order valence-corrected chi connectivity index (χ3v) is 3.07. The van der Waals surface area contributed by atoms with E-state index >= 15 is 0 Å². The Labute approximate surface area is 115 Å². The van der Waals surface area contributed by atoms with Gasteiger partial charge in [-0.2, -0.15) is 5.10 Å². The van der Waals surface area contributed by atoms with Crippen LogP contribution in [0.25, 0.3) is 5.65 Å². The van der Waals surface area contributed by atoms with Crippen molar-refractivity contribution < 1.29 is 9.90 Å². The number of carboxylic acids is 1. The van der Waals surface area contributed by atoms with E-state index in [0.29, 0.717) is 17.9 Å². The second-order valence-corrected chi connectivity index (χ2v) is 4.72. The summed E-state index contributed by atoms with van der Waals surface area (Å²) in [5.41, 5.74) is 3.18. The summed E-state index contributed by atoms with van der Waals surface area (Å²) in [5.74, 6) is -0.291. The van der Waals surface area contributed by atoms with Crippen molar-refractivity contribution in [1.82, 2.24) is 14.6 Å². The highest BCUT2D eigenvalue weighted by molar-refractivity contribution is 5.87. The van der Waals surface area contributed by atoms with Crippen molar-refractivity contribution >= 4 is 11.6 Å². The SMILES string of the molecule is Cc1cccc(Cc2nc3ccc(C(=O)O)cn3n2)c1. The lowest BCUT2D eigenvalue weighted by molar-refractivity contribution is 0.0696. The average Bonchev–Trinajstić information content (AvgIpc) is 2.79. The summed E-state index contributed by atoms with van der Waals surface area (Å²) in [6.07, 6.45) is 2.11. The fraction of sp³-hybridized carbons (Fsp3) is 0.133. The number of carbonyl (C=O) groups is 1. The second kappa shape index (κ2) is 4.77. The smallest absolute Gasteiger partial charge is 0.337 e. The van der Waals surface area contributed by atoms with Crippen LogP contribution in [0.3, 0.4) is 0 Å². The van der Waals surface area contributed by atoms with Crippen LogP contribution in [0.5, 0.6) is 0 Å². The Kier molecular flexibility index (Phi) is 2.95. The molecule has 0 atom stereocenters. The van der Waals surface area contributed by atoms with E-state index < -0.39 is 5.97 Å². The van der Waals surface area contributed by atoms with Gasteiger partial charge in [-0.3, -0.25) is 0 Å². The molecular weight excluding hydrogens is 254 g/mol. The summed E-state index contributed by atoms with van der Waals surface area (Å²) in [4.78, 5) is 15.3. The number of hydrogen-bond donors (Lipinski definition) is 1. The highest BCUT2D eigenvalue weighted by Gasteiger charge is 2.08. The summed E-state index contributed by atoms with van der Waals surface area (Å²) >= 11 is 0. The first-order valence-corrected chi connectivity index (χ1v) is 6.26. The van der Waals surface area contributed by atoms with E-state index in [1.165, 1.54) is 22.3 Å². The molecule has 0 unspecified atom stereocenters. The molecule has 0 aliphatic heterocycles. The minimum absolute atomic E-state index is 0.199. The zero-order valence-electron chi connectivity index (χ0n) is 10.9. The van der Waals surface area contributed by atoms with Gasteiger partial charge in [-0.05, 0) is 24.6 Å². The number of pyridine rings is 1. The number of aryl methyl sites for hydroxylation is 1. The number of aromatic carboxylic acids is 1. The Morgan fingerprint density at radius 2 is 2.15 bits per heavy atom. The van der Waals surface area contributed by atoms with Crippen LogP contribution in [0, 0.1) is 6.92 Å². The highest BCUT2D eigenvalue weighted by atomic mass is 16.4. The molecule has 3 rings (SSSR count). The number of benzene rings is 1. The molecule has 5 heteroatoms. The van der Waals surface area contributed by atoms with E-state index in [2.05, 4.69) is 16.1 Å². The molecule has 0 spiro atoms. The lowest BCUT2D eigenvalue weighted by Crippen LogP contribution is -1.99. The van der Waals surface area contributed by atoms with E-state index in [1.807, 2.05) is 25.1 Å². The molecule has 0 aliphatic rings. The molecule has 0 bridgehead atoms. The number of fused-ring (bicyclic) bond motifs is 1. The Balaban J connectivity index is 1.95. The fourth-order valence-electron chi connectivity index (χ4n) is 2.14. The van der Waals surface area contributed by atoms with Gasteiger partial charge < -0.3 is 5.11 Å². The van der Waals surface area contributed by atoms with Crippen LogP contribution in [0.15, 0.2) is 42.6 Å². The third kappa shape index (κ3) is 2.38. The predicted molar refractivity (Wildman–Crippen MR) is 73.9 cm³/mol. The Morgan fingerprint density at radius 1 is 1.30 bits per heavy atom. The van der Waals surface area contributed by atoms with Crippen LogP contribution in [0.2, 0.25) is 0 Å². The molecule has 0 radical (unpaired) electrons. The second-order valence-electron chi connectivity index (χ2n) is 4.72. The Bertz CT molecular complexity index is 793. The van der Waals surface area contributed by atoms with Crippen molar-refractivity contribution in [3.05, 3.63) is 65.1 Å². The van der Waals surface area contributed by atoms with Crippen LogP contribution in [-0.4, -0.2) is 25.7 Å². The summed E-state index contributed by atoms with van der Waals surface area (Å²) in [7, 11) is 0. The molecule has 0 aliphatic carbocycles. The first-order valence-electron chi connectivity index (χ1n) is 6.26. The molecule has 1 aromatic carbocycles. The van der Waals surface area contributed by atoms with Gasteiger partial charge in [-0.15, -0.1) is 0 Å². The molecule has 20 heavy (non-hydrogen) atoms. The number of rotatable bonds is 3. The van der Waals surface area contributed by atoms with Gasteiger partial charge in [-0.25, -0.2) is 14.3 Å². The van der Waals surface area contributed by atoms with Gasteiger partial charge in [-0.1, -0.05) is 29.8 Å². The molecule has 5 nitrogen and oxygen atoms in total. The molecule has 0 fully saturated rings. The normalized spacial score (nSPS) is 10.8. The van der Waals surface area contributed by atoms with Crippen molar-refractivity contribution in [2.75, 3.05) is 0 Å². The molecule has 1 N–H and O–H groups in total. The number of nitrogens with zero attached hydrogens (tertiary/aromatic N) is 3. The highest BCUT2D eigenvalue weighted by Crippen LogP contribution is 2.11. The Hall–Kier alpha value is -2.69. The quantitative estimate of drug-likeness (QED) is 0.790. The van der Waals surface area contributed by atoms with E-state index in [-0.39, 0.29) is 5.56 Å². The van der Waals surface area contributed by atoms with Gasteiger partial charge in [0.1, 0.15) is 0 Å². The van der Waals surface area contributed by atoms with Crippen molar-refractivity contribution in [2.45, 2.75) is 13.3 Å². The van der Waals surface area contributed by atoms with Crippen LogP contribution in [0.4, 0.5) is 0 Å². The molecule has 100 valence electrons. The van der Waals surface area contributed by atoms with Gasteiger partial charge >= 0.3 is 5.97 Å². The van der Waals surface area contributed by atoms with Gasteiger partial charge in [0.15, 0.2) is 11.5 Å². The summed E-state index contributed by atoms with van der Waals surface area (Å²) in [6.45, 7) is 2.04. The Morgan fingerprint density at radius 3 is 2.90 bits per heavy atom. The van der Waals surface area contributed by atoms with Crippen LogP contribution in [-0.2, 0) is 6.42 Å². The maximum atomic E-state index is 10.9. The first kappa shape index (κ1) is 12.3. The van der Waals surface area contributed by atoms with Gasteiger partial charge in [0.05, 0.1) is 5.56 Å². The largest absolute Gasteiger partial charge is 0.478 e. The topological polar surface area (TPSA) is 67.5 Å². The monoisotopic (exact) mass is 267 g/mol. The standard InChI is InChI=1S/C15H13N3O2/c1-10-3-2-4-11(7-10)8-13-16-14-6-5-12(15(19)20)9-18(14)17-13/h2-7,9H,8H2,1H3,(H,19,20). The number of carboxylic acid groups (broad SMARTS) is 1. The van der Waals surface area contributed by atoms with E-state index in [1.54, 1.807) is 6.07 Å². The fourth-order valence-corrected chi connectivity index (χ4v) is 2.14. The van der Waals surface area contributed by atoms with Gasteiger partial charge in [0.2, 0.25) is 0 Å². The zero-order chi connectivity index (χ0) is 14.1. The molecule has 0 saturated carbocycles. The summed E-state index contributed by atoms with van der Waals surface area (Å²) in [5, 5.41) is 13.3. The van der Waals surface area contributed by atoms with E-state index in [4.69, 9.17) is 5.11 Å². The zero-order valence-corrected chi connectivity index (χ0v) is 10.9. The molecule has 2 aromatic heterocycles. The number of hydrogen-bond acceptors (Lipinski definition) is 3. The molecule has 3 aromatic rings. The maximum Gasteiger partial charge on any atom is 0.337 e. The third-order valence-electron chi connectivity index (χ3n) is 3.07. The van der Waals surface area contributed by atoms with Crippen LogP contribution in [0.1, 0.15) is 27.3 Å². The maximum absolute atomic E-state index is 10.9. The van der Waals surface area contributed by atoms with E-state index in [9.17, 15) is 4.79 Å². The molecule has 2 heterocycles. The summed E-state index contributed by atoms with van der Waals surface area (Å²) < 4.78 is 1.51. The van der Waals surface area contributed by atoms with Crippen molar-refractivity contribution in [1.29, 1.82) is 0 Å². The minimum atomic E-state index is -0.970. The molecular formula is C15H13N3O2. The van der Waals surface area contributed by atoms with Gasteiger partial charge in [0.25, 0.3) is 0 Å². The van der Waals surface area contributed by atoms with Crippen molar-refractivity contribution in [3.8, 4) is 0 Å².